The van der Waals surface area contributed by atoms with Gasteiger partial charge in [0.25, 0.3) is 5.56 Å². The van der Waals surface area contributed by atoms with Crippen LogP contribution < -0.4 is 14.8 Å². The summed E-state index contributed by atoms with van der Waals surface area (Å²) in [6.07, 6.45) is 2.65. The number of halogens is 1. The van der Waals surface area contributed by atoms with E-state index in [2.05, 4.69) is 17.0 Å². The highest BCUT2D eigenvalue weighted by Crippen LogP contribution is 2.29. The fraction of sp³-hybridized carbons (Fsp3) is 0.125. The van der Waals surface area contributed by atoms with E-state index in [9.17, 15) is 4.79 Å². The van der Waals surface area contributed by atoms with Crippen molar-refractivity contribution in [1.29, 1.82) is 0 Å². The summed E-state index contributed by atoms with van der Waals surface area (Å²) in [5.74, 6) is 2.50. The largest absolute Gasteiger partial charge is 0.494 e. The lowest BCUT2D eigenvalue weighted by Crippen LogP contribution is -2.23. The summed E-state index contributed by atoms with van der Waals surface area (Å²) in [5, 5.41) is 5.00. The Hall–Kier alpha value is -3.42. The summed E-state index contributed by atoms with van der Waals surface area (Å²) in [5.41, 5.74) is 1.39. The van der Waals surface area contributed by atoms with Gasteiger partial charge in [0.2, 0.25) is 4.96 Å². The van der Waals surface area contributed by atoms with Crippen LogP contribution in [-0.2, 0) is 0 Å². The molecule has 32 heavy (non-hydrogen) atoms. The lowest BCUT2D eigenvalue weighted by Gasteiger charge is -2.04. The number of thiazole rings is 1. The van der Waals surface area contributed by atoms with Crippen LogP contribution in [0.1, 0.15) is 19.1 Å². The van der Waals surface area contributed by atoms with E-state index in [1.165, 1.54) is 15.9 Å². The van der Waals surface area contributed by atoms with Gasteiger partial charge in [-0.25, -0.2) is 0 Å². The topological polar surface area (TPSA) is 69.6 Å². The lowest BCUT2D eigenvalue weighted by molar-refractivity contribution is 0.317. The summed E-state index contributed by atoms with van der Waals surface area (Å²) in [7, 11) is 0. The SMILES string of the molecule is CCCOc1ccc(-c2nc3sc(=Cc4ccc(-c5ccccc5Cl)o4)c(=O)n3n2)cc1. The number of furan rings is 1. The normalized spacial score (nSPS) is 12.0. The smallest absolute Gasteiger partial charge is 0.291 e. The molecule has 6 nitrogen and oxygen atoms in total. The van der Waals surface area contributed by atoms with E-state index in [-0.39, 0.29) is 5.56 Å². The van der Waals surface area contributed by atoms with Crippen molar-refractivity contribution in [2.45, 2.75) is 13.3 Å². The Labute approximate surface area is 192 Å². The van der Waals surface area contributed by atoms with Crippen LogP contribution in [0, 0.1) is 0 Å². The maximum absolute atomic E-state index is 12.8. The zero-order chi connectivity index (χ0) is 22.1. The first-order valence-electron chi connectivity index (χ1n) is 10.1. The van der Waals surface area contributed by atoms with Crippen LogP contribution in [-0.4, -0.2) is 21.2 Å². The predicted octanol–water partition coefficient (Wildman–Crippen LogP) is 5.07. The van der Waals surface area contributed by atoms with Crippen molar-refractivity contribution < 1.29 is 9.15 Å². The minimum atomic E-state index is -0.234. The van der Waals surface area contributed by atoms with Crippen molar-refractivity contribution in [3.63, 3.8) is 0 Å². The van der Waals surface area contributed by atoms with Gasteiger partial charge in [0.05, 0.1) is 11.6 Å². The van der Waals surface area contributed by atoms with Gasteiger partial charge in [-0.15, -0.1) is 5.10 Å². The summed E-state index contributed by atoms with van der Waals surface area (Å²) in [6, 6.07) is 18.6. The highest BCUT2D eigenvalue weighted by Gasteiger charge is 2.13. The van der Waals surface area contributed by atoms with Gasteiger partial charge in [0, 0.05) is 17.2 Å². The van der Waals surface area contributed by atoms with Gasteiger partial charge in [0.15, 0.2) is 5.82 Å². The fourth-order valence-electron chi connectivity index (χ4n) is 3.24. The predicted molar refractivity (Wildman–Crippen MR) is 126 cm³/mol. The van der Waals surface area contributed by atoms with Gasteiger partial charge in [-0.1, -0.05) is 42.0 Å². The Morgan fingerprint density at radius 2 is 1.94 bits per heavy atom. The number of ether oxygens (including phenoxy) is 1. The zero-order valence-electron chi connectivity index (χ0n) is 17.1. The molecule has 5 aromatic rings. The minimum absolute atomic E-state index is 0.234. The molecule has 3 heterocycles. The molecule has 0 saturated heterocycles. The molecule has 0 spiro atoms. The highest BCUT2D eigenvalue weighted by molar-refractivity contribution is 7.15. The van der Waals surface area contributed by atoms with Crippen LogP contribution >= 0.6 is 22.9 Å². The van der Waals surface area contributed by atoms with E-state index >= 15 is 0 Å². The van der Waals surface area contributed by atoms with Crippen molar-refractivity contribution in [3.8, 4) is 28.5 Å². The second-order valence-electron chi connectivity index (χ2n) is 7.10. The molecular formula is C24H18ClN3O3S. The average Bonchev–Trinajstić information content (AvgIpc) is 3.51. The van der Waals surface area contributed by atoms with E-state index in [4.69, 9.17) is 20.8 Å². The van der Waals surface area contributed by atoms with Gasteiger partial charge < -0.3 is 9.15 Å². The molecule has 0 aliphatic carbocycles. The quantitative estimate of drug-likeness (QED) is 0.351. The molecule has 0 fully saturated rings. The first-order chi connectivity index (χ1) is 15.6. The van der Waals surface area contributed by atoms with Gasteiger partial charge in [-0.3, -0.25) is 4.79 Å². The van der Waals surface area contributed by atoms with Gasteiger partial charge in [-0.05, 0) is 55.0 Å². The second kappa shape index (κ2) is 8.61. The molecule has 0 aliphatic rings. The van der Waals surface area contributed by atoms with Crippen LogP contribution in [0.3, 0.4) is 0 Å². The molecular weight excluding hydrogens is 446 g/mol. The van der Waals surface area contributed by atoms with Crippen molar-refractivity contribution in [3.05, 3.63) is 86.3 Å². The molecule has 0 atom stereocenters. The number of aromatic nitrogens is 3. The Balaban J connectivity index is 1.44. The number of hydrogen-bond donors (Lipinski definition) is 0. The first kappa shape index (κ1) is 20.5. The molecule has 5 rings (SSSR count). The molecule has 0 N–H and O–H groups in total. The minimum Gasteiger partial charge on any atom is -0.494 e. The molecule has 8 heteroatoms. The molecule has 0 saturated carbocycles. The second-order valence-corrected chi connectivity index (χ2v) is 8.52. The summed E-state index contributed by atoms with van der Waals surface area (Å²) in [4.78, 5) is 17.9. The van der Waals surface area contributed by atoms with Crippen molar-refractivity contribution in [1.82, 2.24) is 14.6 Å². The van der Waals surface area contributed by atoms with E-state index in [1.54, 1.807) is 6.08 Å². The third-order valence-electron chi connectivity index (χ3n) is 4.81. The average molecular weight is 464 g/mol. The standard InChI is InChI=1S/C24H18ClN3O3S/c1-2-13-30-16-9-7-15(8-10-16)22-26-24-28(27-22)23(29)21(32-24)14-17-11-12-20(31-17)18-5-3-4-6-19(18)25/h3-12,14H,2,13H2,1H3. The fourth-order valence-corrected chi connectivity index (χ4v) is 4.36. The molecule has 0 amide bonds. The molecule has 0 aliphatic heterocycles. The Bertz CT molecular complexity index is 1500. The third-order valence-corrected chi connectivity index (χ3v) is 6.10. The lowest BCUT2D eigenvalue weighted by atomic mass is 10.2. The van der Waals surface area contributed by atoms with E-state index in [0.717, 1.165) is 23.3 Å². The van der Waals surface area contributed by atoms with E-state index < -0.39 is 0 Å². The molecule has 3 aromatic heterocycles. The van der Waals surface area contributed by atoms with Crippen molar-refractivity contribution in [2.24, 2.45) is 0 Å². The third kappa shape index (κ3) is 3.92. The Kier molecular flexibility index (Phi) is 5.51. The van der Waals surface area contributed by atoms with Crippen LogP contribution in [0.4, 0.5) is 0 Å². The Morgan fingerprint density at radius 3 is 2.69 bits per heavy atom. The van der Waals surface area contributed by atoms with Crippen LogP contribution in [0.25, 0.3) is 33.7 Å². The summed E-state index contributed by atoms with van der Waals surface area (Å²) >= 11 is 7.51. The number of hydrogen-bond acceptors (Lipinski definition) is 6. The van der Waals surface area contributed by atoms with Gasteiger partial charge in [-0.2, -0.15) is 9.50 Å². The first-order valence-corrected chi connectivity index (χ1v) is 11.3. The van der Waals surface area contributed by atoms with E-state index in [1.807, 2.05) is 60.7 Å². The maximum Gasteiger partial charge on any atom is 0.291 e. The number of fused-ring (bicyclic) bond motifs is 1. The number of benzene rings is 2. The highest BCUT2D eigenvalue weighted by atomic mass is 35.5. The molecule has 2 aromatic carbocycles. The van der Waals surface area contributed by atoms with Crippen molar-refractivity contribution in [2.75, 3.05) is 6.61 Å². The summed E-state index contributed by atoms with van der Waals surface area (Å²) in [6.45, 7) is 2.73. The number of nitrogens with zero attached hydrogens (tertiary/aromatic N) is 3. The van der Waals surface area contributed by atoms with Crippen LogP contribution in [0.15, 0.2) is 69.9 Å². The van der Waals surface area contributed by atoms with E-state index in [0.29, 0.717) is 38.5 Å². The summed E-state index contributed by atoms with van der Waals surface area (Å²) < 4.78 is 13.3. The monoisotopic (exact) mass is 463 g/mol. The molecule has 0 radical (unpaired) electrons. The zero-order valence-corrected chi connectivity index (χ0v) is 18.7. The van der Waals surface area contributed by atoms with Crippen LogP contribution in [0.2, 0.25) is 5.02 Å². The maximum atomic E-state index is 12.8. The van der Waals surface area contributed by atoms with Gasteiger partial charge in [0.1, 0.15) is 21.8 Å². The molecule has 160 valence electrons. The number of rotatable bonds is 6. The van der Waals surface area contributed by atoms with Gasteiger partial charge >= 0.3 is 0 Å². The van der Waals surface area contributed by atoms with Crippen LogP contribution in [0.5, 0.6) is 5.75 Å². The molecule has 0 unspecified atom stereocenters. The van der Waals surface area contributed by atoms with Crippen molar-refractivity contribution >= 4 is 34.0 Å². The molecule has 0 bridgehead atoms. The Morgan fingerprint density at radius 1 is 1.12 bits per heavy atom.